The molecule has 1 aromatic heterocycles. The monoisotopic (exact) mass is 276 g/mol. The molecule has 0 bridgehead atoms. The molecule has 0 amide bonds. The Balaban J connectivity index is 1.54. The Morgan fingerprint density at radius 3 is 2.70 bits per heavy atom. The Morgan fingerprint density at radius 1 is 1.20 bits per heavy atom. The Labute approximate surface area is 122 Å². The van der Waals surface area contributed by atoms with Crippen LogP contribution in [0.5, 0.6) is 0 Å². The molecular weight excluding hydrogens is 248 g/mol. The number of piperidine rings is 1. The minimum atomic E-state index is 0.601. The fourth-order valence-electron chi connectivity index (χ4n) is 3.65. The first kappa shape index (κ1) is 13.9. The van der Waals surface area contributed by atoms with E-state index in [2.05, 4.69) is 32.9 Å². The molecule has 0 aromatic carbocycles. The average molecular weight is 276 g/mol. The molecule has 20 heavy (non-hydrogen) atoms. The first-order valence-corrected chi connectivity index (χ1v) is 8.35. The van der Waals surface area contributed by atoms with E-state index >= 15 is 0 Å². The summed E-state index contributed by atoms with van der Waals surface area (Å²) in [6.07, 6.45) is 13.6. The first-order chi connectivity index (χ1) is 9.84. The van der Waals surface area contributed by atoms with Gasteiger partial charge in [0.05, 0.1) is 0 Å². The van der Waals surface area contributed by atoms with Gasteiger partial charge < -0.3 is 9.88 Å². The fraction of sp³-hybridized carbons (Fsp3) is 0.812. The van der Waals surface area contributed by atoms with Gasteiger partial charge in [-0.2, -0.15) is 0 Å². The fourth-order valence-corrected chi connectivity index (χ4v) is 3.65. The lowest BCUT2D eigenvalue weighted by Gasteiger charge is -2.32. The molecule has 4 nitrogen and oxygen atoms in total. The van der Waals surface area contributed by atoms with Crippen molar-refractivity contribution < 1.29 is 0 Å². The van der Waals surface area contributed by atoms with Crippen molar-refractivity contribution in [1.29, 1.82) is 0 Å². The van der Waals surface area contributed by atoms with E-state index in [0.717, 1.165) is 12.5 Å². The largest absolute Gasteiger partial charge is 0.354 e. The number of nitrogens with zero attached hydrogens (tertiary/aromatic N) is 3. The van der Waals surface area contributed by atoms with E-state index in [9.17, 15) is 0 Å². The van der Waals surface area contributed by atoms with Crippen molar-refractivity contribution in [2.24, 2.45) is 0 Å². The van der Waals surface area contributed by atoms with Gasteiger partial charge in [0.25, 0.3) is 0 Å². The van der Waals surface area contributed by atoms with Crippen LogP contribution in [0.15, 0.2) is 12.4 Å². The van der Waals surface area contributed by atoms with Crippen molar-refractivity contribution in [3.05, 3.63) is 12.4 Å². The van der Waals surface area contributed by atoms with Gasteiger partial charge in [-0.15, -0.1) is 0 Å². The number of likely N-dealkylation sites (tertiary alicyclic amines) is 1. The third-order valence-electron chi connectivity index (χ3n) is 4.96. The van der Waals surface area contributed by atoms with E-state index in [-0.39, 0.29) is 0 Å². The third-order valence-corrected chi connectivity index (χ3v) is 4.96. The summed E-state index contributed by atoms with van der Waals surface area (Å²) in [5.74, 6) is 1.07. The number of rotatable bonds is 5. The summed E-state index contributed by atoms with van der Waals surface area (Å²) in [6.45, 7) is 5.87. The number of imidazole rings is 1. The molecule has 3 rings (SSSR count). The quantitative estimate of drug-likeness (QED) is 0.896. The Hall–Kier alpha value is -1.03. The van der Waals surface area contributed by atoms with Gasteiger partial charge in [-0.3, -0.25) is 4.90 Å². The van der Waals surface area contributed by atoms with Crippen molar-refractivity contribution in [2.75, 3.05) is 25.0 Å². The topological polar surface area (TPSA) is 33.1 Å². The van der Waals surface area contributed by atoms with E-state index in [0.29, 0.717) is 12.1 Å². The number of nitrogens with one attached hydrogen (secondary N) is 1. The zero-order valence-corrected chi connectivity index (χ0v) is 12.7. The van der Waals surface area contributed by atoms with Crippen LogP contribution in [0.4, 0.5) is 5.95 Å². The highest BCUT2D eigenvalue weighted by Gasteiger charge is 2.20. The summed E-state index contributed by atoms with van der Waals surface area (Å²) in [5.41, 5.74) is 0. The second kappa shape index (κ2) is 6.61. The maximum atomic E-state index is 4.51. The van der Waals surface area contributed by atoms with Crippen LogP contribution >= 0.6 is 0 Å². The van der Waals surface area contributed by atoms with Crippen LogP contribution < -0.4 is 5.32 Å². The van der Waals surface area contributed by atoms with E-state index in [1.165, 1.54) is 58.0 Å². The zero-order chi connectivity index (χ0) is 13.8. The number of aromatic nitrogens is 2. The zero-order valence-electron chi connectivity index (χ0n) is 12.7. The van der Waals surface area contributed by atoms with E-state index in [4.69, 9.17) is 0 Å². The molecule has 1 atom stereocenters. The standard InChI is InChI=1S/C16H28N4/c1-14(19-10-5-2-6-11-19)13-18-16-17-9-12-20(16)15-7-3-4-8-15/h9,12,14-15H,2-8,10-11,13H2,1H3,(H,17,18). The minimum absolute atomic E-state index is 0.601. The van der Waals surface area contributed by atoms with Crippen LogP contribution in [0.3, 0.4) is 0 Å². The Bertz CT molecular complexity index is 402. The summed E-state index contributed by atoms with van der Waals surface area (Å²) in [6, 6.07) is 1.27. The Morgan fingerprint density at radius 2 is 1.95 bits per heavy atom. The molecule has 0 radical (unpaired) electrons. The minimum Gasteiger partial charge on any atom is -0.354 e. The highest BCUT2D eigenvalue weighted by molar-refractivity contribution is 5.27. The predicted octanol–water partition coefficient (Wildman–Crippen LogP) is 3.28. The number of hydrogen-bond donors (Lipinski definition) is 1. The van der Waals surface area contributed by atoms with Crippen LogP contribution in [-0.4, -0.2) is 40.1 Å². The van der Waals surface area contributed by atoms with Crippen molar-refractivity contribution in [3.8, 4) is 0 Å². The molecule has 1 aliphatic carbocycles. The summed E-state index contributed by atoms with van der Waals surface area (Å²) in [4.78, 5) is 7.12. The van der Waals surface area contributed by atoms with Gasteiger partial charge in [0, 0.05) is 31.0 Å². The molecule has 1 aromatic rings. The molecule has 112 valence electrons. The molecule has 2 aliphatic rings. The van der Waals surface area contributed by atoms with Gasteiger partial charge in [-0.05, 0) is 45.7 Å². The Kier molecular flexibility index (Phi) is 4.61. The second-order valence-electron chi connectivity index (χ2n) is 6.42. The van der Waals surface area contributed by atoms with Crippen molar-refractivity contribution in [2.45, 2.75) is 64.0 Å². The maximum Gasteiger partial charge on any atom is 0.203 e. The van der Waals surface area contributed by atoms with E-state index < -0.39 is 0 Å². The molecule has 2 heterocycles. The number of hydrogen-bond acceptors (Lipinski definition) is 3. The molecule has 0 spiro atoms. The van der Waals surface area contributed by atoms with Crippen LogP contribution in [0, 0.1) is 0 Å². The van der Waals surface area contributed by atoms with Gasteiger partial charge in [-0.1, -0.05) is 19.3 Å². The highest BCUT2D eigenvalue weighted by atomic mass is 15.2. The molecule has 4 heteroatoms. The summed E-state index contributed by atoms with van der Waals surface area (Å²) >= 11 is 0. The lowest BCUT2D eigenvalue weighted by atomic mass is 10.1. The summed E-state index contributed by atoms with van der Waals surface area (Å²) in [5, 5.41) is 3.58. The van der Waals surface area contributed by atoms with Crippen molar-refractivity contribution in [1.82, 2.24) is 14.5 Å². The molecule has 1 aliphatic heterocycles. The first-order valence-electron chi connectivity index (χ1n) is 8.35. The predicted molar refractivity (Wildman–Crippen MR) is 83.1 cm³/mol. The molecular formula is C16H28N4. The van der Waals surface area contributed by atoms with E-state index in [1.54, 1.807) is 0 Å². The van der Waals surface area contributed by atoms with Crippen LogP contribution in [0.2, 0.25) is 0 Å². The molecule has 1 N–H and O–H groups in total. The summed E-state index contributed by atoms with van der Waals surface area (Å²) in [7, 11) is 0. The van der Waals surface area contributed by atoms with Crippen molar-refractivity contribution in [3.63, 3.8) is 0 Å². The molecule has 1 saturated heterocycles. The SMILES string of the molecule is CC(CNc1nccn1C1CCCC1)N1CCCCC1. The lowest BCUT2D eigenvalue weighted by molar-refractivity contribution is 0.180. The van der Waals surface area contributed by atoms with Crippen LogP contribution in [0.1, 0.15) is 57.9 Å². The highest BCUT2D eigenvalue weighted by Crippen LogP contribution is 2.31. The number of anilines is 1. The van der Waals surface area contributed by atoms with Gasteiger partial charge >= 0.3 is 0 Å². The molecule has 1 unspecified atom stereocenters. The van der Waals surface area contributed by atoms with Gasteiger partial charge in [0.1, 0.15) is 0 Å². The summed E-state index contributed by atoms with van der Waals surface area (Å²) < 4.78 is 2.36. The van der Waals surface area contributed by atoms with Gasteiger partial charge in [0.2, 0.25) is 5.95 Å². The normalized spacial score (nSPS) is 23.1. The van der Waals surface area contributed by atoms with E-state index in [1.807, 2.05) is 6.20 Å². The van der Waals surface area contributed by atoms with Gasteiger partial charge in [-0.25, -0.2) is 4.98 Å². The third kappa shape index (κ3) is 3.17. The van der Waals surface area contributed by atoms with Crippen molar-refractivity contribution >= 4 is 5.95 Å². The second-order valence-corrected chi connectivity index (χ2v) is 6.42. The average Bonchev–Trinajstić information content (AvgIpc) is 3.16. The van der Waals surface area contributed by atoms with Gasteiger partial charge in [0.15, 0.2) is 0 Å². The molecule has 2 fully saturated rings. The maximum absolute atomic E-state index is 4.51. The van der Waals surface area contributed by atoms with Crippen LogP contribution in [-0.2, 0) is 0 Å². The smallest absolute Gasteiger partial charge is 0.203 e. The molecule has 1 saturated carbocycles. The van der Waals surface area contributed by atoms with Crippen LogP contribution in [0.25, 0.3) is 0 Å². The lowest BCUT2D eigenvalue weighted by Crippen LogP contribution is -2.41.